The maximum Gasteiger partial charge on any atom is 0.292 e. The van der Waals surface area contributed by atoms with Gasteiger partial charge in [0.25, 0.3) is 6.47 Å². The summed E-state index contributed by atoms with van der Waals surface area (Å²) in [6, 6.07) is 0. The lowest BCUT2D eigenvalue weighted by Crippen LogP contribution is -2.58. The van der Waals surface area contributed by atoms with Crippen LogP contribution in [0.2, 0.25) is 0 Å². The first-order valence-corrected chi connectivity index (χ1v) is 14.3. The molecule has 0 amide bonds. The Morgan fingerprint density at radius 1 is 0.719 bits per heavy atom. The third-order valence-corrected chi connectivity index (χ3v) is 9.96. The number of rotatable bonds is 2. The van der Waals surface area contributed by atoms with Crippen molar-refractivity contribution in [1.82, 2.24) is 0 Å². The molecule has 0 N–H and O–H groups in total. The van der Waals surface area contributed by atoms with Gasteiger partial charge in [-0.25, -0.2) is 0 Å². The summed E-state index contributed by atoms with van der Waals surface area (Å²) < 4.78 is 3.86. The van der Waals surface area contributed by atoms with Crippen LogP contribution in [0.4, 0.5) is 0 Å². The summed E-state index contributed by atoms with van der Waals surface area (Å²) in [5, 5.41) is 0. The van der Waals surface area contributed by atoms with E-state index in [0.717, 1.165) is 23.7 Å². The van der Waals surface area contributed by atoms with Crippen LogP contribution in [0.3, 0.4) is 0 Å². The van der Waals surface area contributed by atoms with E-state index in [0.29, 0.717) is 22.7 Å². The molecule has 0 aromatic heterocycles. The molecule has 0 spiro atoms. The fraction of sp³-hybridized carbons (Fsp3) is 0.967. The Labute approximate surface area is 203 Å². The Balaban J connectivity index is 0.000000839. The molecule has 0 aliphatic heterocycles. The molecular formula is C30H60O2. The van der Waals surface area contributed by atoms with E-state index in [1.54, 1.807) is 44.9 Å². The molecule has 2 nitrogen and oxygen atoms in total. The van der Waals surface area contributed by atoms with Crippen LogP contribution in [-0.4, -0.2) is 13.6 Å². The van der Waals surface area contributed by atoms with Crippen molar-refractivity contribution < 1.29 is 9.53 Å². The van der Waals surface area contributed by atoms with Crippen molar-refractivity contribution in [2.75, 3.05) is 7.11 Å². The first-order valence-electron chi connectivity index (χ1n) is 14.3. The fourth-order valence-corrected chi connectivity index (χ4v) is 8.75. The molecular weight excluding hydrogens is 392 g/mol. The average Bonchev–Trinajstić information content (AvgIpc) is 3.20. The second kappa shape index (κ2) is 14.7. The Kier molecular flexibility index (Phi) is 14.4. The number of carbonyl (C=O) groups is 1. The highest BCUT2D eigenvalue weighted by molar-refractivity contribution is 5.36. The molecule has 4 rings (SSSR count). The molecule has 0 heterocycles. The van der Waals surface area contributed by atoms with Crippen molar-refractivity contribution in [3.63, 3.8) is 0 Å². The Morgan fingerprint density at radius 2 is 1.25 bits per heavy atom. The van der Waals surface area contributed by atoms with Gasteiger partial charge in [0.1, 0.15) is 0 Å². The van der Waals surface area contributed by atoms with Crippen molar-refractivity contribution in [2.45, 2.75) is 140 Å². The molecule has 32 heavy (non-hydrogen) atoms. The van der Waals surface area contributed by atoms with Crippen molar-refractivity contribution in [2.24, 2.45) is 39.9 Å². The molecule has 4 aliphatic rings. The number of ether oxygens (including phenoxy) is 1. The molecule has 2 heteroatoms. The summed E-state index contributed by atoms with van der Waals surface area (Å²) in [4.78, 5) is 8.95. The monoisotopic (exact) mass is 452 g/mol. The van der Waals surface area contributed by atoms with E-state index in [1.807, 2.05) is 41.5 Å². The highest BCUT2D eigenvalue weighted by Gasteiger charge is 2.64. The molecule has 0 aromatic carbocycles. The second-order valence-electron chi connectivity index (χ2n) is 10.7. The van der Waals surface area contributed by atoms with Gasteiger partial charge < -0.3 is 4.74 Å². The second-order valence-corrected chi connectivity index (χ2v) is 10.7. The number of fused-ring (bicyclic) bond motifs is 5. The van der Waals surface area contributed by atoms with E-state index < -0.39 is 0 Å². The molecule has 7 atom stereocenters. The molecule has 4 saturated carbocycles. The quantitative estimate of drug-likeness (QED) is 0.390. The van der Waals surface area contributed by atoms with Crippen LogP contribution in [0.5, 0.6) is 0 Å². The van der Waals surface area contributed by atoms with E-state index in [1.165, 1.54) is 32.8 Å². The van der Waals surface area contributed by atoms with Crippen LogP contribution >= 0.6 is 0 Å². The summed E-state index contributed by atoms with van der Waals surface area (Å²) in [7, 11) is 1.31. The topological polar surface area (TPSA) is 26.3 Å². The van der Waals surface area contributed by atoms with E-state index in [-0.39, 0.29) is 0 Å². The standard InChI is InChI=1S/C22H38.C2H4O2.3C2H6/c1-5-16-9-10-18-21(16,3)15-12-19-20(2)13-7-6-8-17(20)11-14-22(18,19)4;1-4-2-3;3*1-2/h16-19H,5-15H2,1-4H3;2H,1H3;3*1-2H3/t16-,17-,18?,19?,20-,21+,22-;;;;/m0..../s1. The molecule has 4 aliphatic carbocycles. The highest BCUT2D eigenvalue weighted by atomic mass is 16.5. The lowest BCUT2D eigenvalue weighted by Gasteiger charge is -2.65. The van der Waals surface area contributed by atoms with Gasteiger partial charge in [0, 0.05) is 0 Å². The van der Waals surface area contributed by atoms with E-state index in [9.17, 15) is 0 Å². The third kappa shape index (κ3) is 5.93. The molecule has 192 valence electrons. The lowest BCUT2D eigenvalue weighted by atomic mass is 9.39. The molecule has 0 saturated heterocycles. The minimum absolute atomic E-state index is 0.375. The predicted molar refractivity (Wildman–Crippen MR) is 142 cm³/mol. The van der Waals surface area contributed by atoms with E-state index in [2.05, 4.69) is 32.4 Å². The summed E-state index contributed by atoms with van der Waals surface area (Å²) in [5.41, 5.74) is 2.04. The van der Waals surface area contributed by atoms with Gasteiger partial charge in [0.15, 0.2) is 0 Å². The minimum Gasteiger partial charge on any atom is -0.471 e. The average molecular weight is 453 g/mol. The molecule has 0 bridgehead atoms. The number of hydrogen-bond donors (Lipinski definition) is 0. The number of hydrogen-bond acceptors (Lipinski definition) is 2. The lowest BCUT2D eigenvalue weighted by molar-refractivity contribution is -0.164. The zero-order valence-corrected chi connectivity index (χ0v) is 24.0. The molecule has 0 radical (unpaired) electrons. The van der Waals surface area contributed by atoms with Crippen LogP contribution in [0, 0.1) is 39.9 Å². The Morgan fingerprint density at radius 3 is 1.78 bits per heavy atom. The largest absolute Gasteiger partial charge is 0.471 e. The van der Waals surface area contributed by atoms with Crippen molar-refractivity contribution in [3.8, 4) is 0 Å². The molecule has 0 aromatic rings. The summed E-state index contributed by atoms with van der Waals surface area (Å²) in [5.74, 6) is 4.15. The zero-order chi connectivity index (χ0) is 25.0. The van der Waals surface area contributed by atoms with Gasteiger partial charge in [0.05, 0.1) is 7.11 Å². The van der Waals surface area contributed by atoms with E-state index in [4.69, 9.17) is 4.79 Å². The van der Waals surface area contributed by atoms with Crippen molar-refractivity contribution in [3.05, 3.63) is 0 Å². The Hall–Kier alpha value is -0.530. The summed E-state index contributed by atoms with van der Waals surface area (Å²) in [6.07, 6.45) is 16.8. The van der Waals surface area contributed by atoms with Crippen LogP contribution in [0.25, 0.3) is 0 Å². The van der Waals surface area contributed by atoms with Crippen LogP contribution in [0.15, 0.2) is 0 Å². The van der Waals surface area contributed by atoms with Crippen LogP contribution < -0.4 is 0 Å². The third-order valence-electron chi connectivity index (χ3n) is 9.96. The Bertz CT molecular complexity index is 503. The maximum absolute atomic E-state index is 8.95. The fourth-order valence-electron chi connectivity index (χ4n) is 8.75. The van der Waals surface area contributed by atoms with Gasteiger partial charge in [-0.2, -0.15) is 0 Å². The minimum atomic E-state index is 0.375. The summed E-state index contributed by atoms with van der Waals surface area (Å²) in [6.45, 7) is 23.0. The van der Waals surface area contributed by atoms with Gasteiger partial charge >= 0.3 is 0 Å². The van der Waals surface area contributed by atoms with Gasteiger partial charge in [-0.05, 0) is 91.3 Å². The smallest absolute Gasteiger partial charge is 0.292 e. The number of methoxy groups -OCH3 is 1. The SMILES string of the molecule is CC.CC.CC.CC[C@H]1CCC2[C@]3(C)CC[C@@H]4CCCC[C@]4(C)C3CC[C@@]21C.COC=O. The normalized spacial score (nSPS) is 41.0. The first kappa shape index (κ1) is 31.5. The highest BCUT2D eigenvalue weighted by Crippen LogP contribution is 2.72. The first-order chi connectivity index (χ1) is 15.4. The van der Waals surface area contributed by atoms with Crippen molar-refractivity contribution >= 4 is 6.47 Å². The molecule has 4 fully saturated rings. The van der Waals surface area contributed by atoms with Gasteiger partial charge in [-0.15, -0.1) is 0 Å². The predicted octanol–water partition coefficient (Wildman–Crippen LogP) is 9.70. The van der Waals surface area contributed by atoms with Gasteiger partial charge in [0.2, 0.25) is 0 Å². The van der Waals surface area contributed by atoms with Gasteiger partial charge in [-0.3, -0.25) is 4.79 Å². The van der Waals surface area contributed by atoms with Gasteiger partial charge in [-0.1, -0.05) is 88.5 Å². The van der Waals surface area contributed by atoms with Crippen molar-refractivity contribution in [1.29, 1.82) is 0 Å². The number of carbonyl (C=O) groups excluding carboxylic acids is 1. The van der Waals surface area contributed by atoms with Crippen LogP contribution in [0.1, 0.15) is 140 Å². The zero-order valence-electron chi connectivity index (χ0n) is 24.0. The van der Waals surface area contributed by atoms with Crippen LogP contribution in [-0.2, 0) is 9.53 Å². The molecule has 2 unspecified atom stereocenters. The van der Waals surface area contributed by atoms with E-state index >= 15 is 0 Å². The maximum atomic E-state index is 8.95. The summed E-state index contributed by atoms with van der Waals surface area (Å²) >= 11 is 0.